The van der Waals surface area contributed by atoms with Crippen molar-refractivity contribution in [2.45, 2.75) is 37.9 Å². The highest BCUT2D eigenvalue weighted by Gasteiger charge is 2.41. The van der Waals surface area contributed by atoms with Gasteiger partial charge in [-0.25, -0.2) is 0 Å². The first-order chi connectivity index (χ1) is 6.18. The lowest BCUT2D eigenvalue weighted by Crippen LogP contribution is -2.52. The second-order valence-corrected chi connectivity index (χ2v) is 4.11. The van der Waals surface area contributed by atoms with Crippen molar-refractivity contribution in [3.63, 3.8) is 0 Å². The fraction of sp³-hybridized carbons (Fsp3) is 0.889. The highest BCUT2D eigenvalue weighted by Crippen LogP contribution is 2.28. The lowest BCUT2D eigenvalue weighted by molar-refractivity contribution is -0.139. The minimum atomic E-state index is -0.707. The summed E-state index contributed by atoms with van der Waals surface area (Å²) in [6, 6.07) is 0.440. The summed E-state index contributed by atoms with van der Waals surface area (Å²) >= 11 is 0. The molecule has 4 nitrogen and oxygen atoms in total. The summed E-state index contributed by atoms with van der Waals surface area (Å²) < 4.78 is 0. The molecule has 74 valence electrons. The SMILES string of the molecule is CC1NCCC2CC(C(=O)O)NC21. The maximum Gasteiger partial charge on any atom is 0.320 e. The number of carboxylic acids is 1. The molecule has 0 saturated carbocycles. The standard InChI is InChI=1S/C9H16N2O2/c1-5-8-6(2-3-10-5)4-7(11-8)9(12)13/h5-8,10-11H,2-4H2,1H3,(H,12,13). The fourth-order valence-corrected chi connectivity index (χ4v) is 2.53. The molecule has 0 aromatic heterocycles. The summed E-state index contributed by atoms with van der Waals surface area (Å²) in [5.74, 6) is -0.154. The molecule has 13 heavy (non-hydrogen) atoms. The molecule has 2 aliphatic heterocycles. The van der Waals surface area contributed by atoms with Crippen LogP contribution in [-0.2, 0) is 4.79 Å². The Balaban J connectivity index is 2.04. The van der Waals surface area contributed by atoms with Crippen molar-refractivity contribution in [1.82, 2.24) is 10.6 Å². The minimum Gasteiger partial charge on any atom is -0.480 e. The van der Waals surface area contributed by atoms with Crippen molar-refractivity contribution < 1.29 is 9.90 Å². The number of hydrogen-bond acceptors (Lipinski definition) is 3. The normalized spacial score (nSPS) is 44.4. The van der Waals surface area contributed by atoms with Crippen LogP contribution >= 0.6 is 0 Å². The molecule has 0 radical (unpaired) electrons. The smallest absolute Gasteiger partial charge is 0.320 e. The zero-order valence-corrected chi connectivity index (χ0v) is 7.79. The molecule has 4 heteroatoms. The maximum atomic E-state index is 10.8. The zero-order valence-electron chi connectivity index (χ0n) is 7.79. The fourth-order valence-electron chi connectivity index (χ4n) is 2.53. The Kier molecular flexibility index (Phi) is 2.26. The molecular formula is C9H16N2O2. The van der Waals surface area contributed by atoms with Crippen LogP contribution in [0.1, 0.15) is 19.8 Å². The molecule has 2 rings (SSSR count). The largest absolute Gasteiger partial charge is 0.480 e. The highest BCUT2D eigenvalue weighted by atomic mass is 16.4. The van der Waals surface area contributed by atoms with E-state index in [4.69, 9.17) is 5.11 Å². The summed E-state index contributed by atoms with van der Waals surface area (Å²) in [6.07, 6.45) is 1.90. The number of fused-ring (bicyclic) bond motifs is 1. The van der Waals surface area contributed by atoms with Gasteiger partial charge >= 0.3 is 5.97 Å². The molecule has 2 saturated heterocycles. The second-order valence-electron chi connectivity index (χ2n) is 4.11. The van der Waals surface area contributed by atoms with Crippen molar-refractivity contribution in [2.75, 3.05) is 6.54 Å². The Bertz CT molecular complexity index is 220. The molecule has 4 unspecified atom stereocenters. The van der Waals surface area contributed by atoms with E-state index >= 15 is 0 Å². The van der Waals surface area contributed by atoms with E-state index in [1.165, 1.54) is 0 Å². The van der Waals surface area contributed by atoms with E-state index in [0.29, 0.717) is 18.0 Å². The van der Waals surface area contributed by atoms with Crippen LogP contribution in [0.2, 0.25) is 0 Å². The van der Waals surface area contributed by atoms with E-state index in [2.05, 4.69) is 17.6 Å². The number of piperidine rings is 1. The van der Waals surface area contributed by atoms with Gasteiger partial charge in [-0.1, -0.05) is 0 Å². The van der Waals surface area contributed by atoms with Crippen molar-refractivity contribution in [3.8, 4) is 0 Å². The monoisotopic (exact) mass is 184 g/mol. The van der Waals surface area contributed by atoms with E-state index in [1.54, 1.807) is 0 Å². The summed E-state index contributed by atoms with van der Waals surface area (Å²) in [4.78, 5) is 10.8. The number of rotatable bonds is 1. The Morgan fingerprint density at radius 2 is 2.31 bits per heavy atom. The molecular weight excluding hydrogens is 168 g/mol. The van der Waals surface area contributed by atoms with E-state index in [0.717, 1.165) is 19.4 Å². The quantitative estimate of drug-likeness (QED) is 0.528. The van der Waals surface area contributed by atoms with E-state index in [9.17, 15) is 4.79 Å². The van der Waals surface area contributed by atoms with Crippen LogP contribution in [0, 0.1) is 5.92 Å². The van der Waals surface area contributed by atoms with Gasteiger partial charge in [-0.05, 0) is 32.2 Å². The average Bonchev–Trinajstić information content (AvgIpc) is 2.49. The van der Waals surface area contributed by atoms with Gasteiger partial charge in [0, 0.05) is 12.1 Å². The van der Waals surface area contributed by atoms with Crippen molar-refractivity contribution in [3.05, 3.63) is 0 Å². The molecule has 0 amide bonds. The van der Waals surface area contributed by atoms with Gasteiger partial charge in [0.15, 0.2) is 0 Å². The minimum absolute atomic E-state index is 0.322. The first-order valence-electron chi connectivity index (χ1n) is 4.90. The Hall–Kier alpha value is -0.610. The molecule has 0 bridgehead atoms. The third-order valence-corrected chi connectivity index (χ3v) is 3.26. The van der Waals surface area contributed by atoms with Crippen LogP contribution in [-0.4, -0.2) is 35.7 Å². The number of carbonyl (C=O) groups is 1. The van der Waals surface area contributed by atoms with Crippen LogP contribution < -0.4 is 10.6 Å². The van der Waals surface area contributed by atoms with Gasteiger partial charge in [-0.2, -0.15) is 0 Å². The van der Waals surface area contributed by atoms with Gasteiger partial charge in [0.2, 0.25) is 0 Å². The second kappa shape index (κ2) is 3.27. The predicted octanol–water partition coefficient (Wildman–Crippen LogP) is -0.200. The Morgan fingerprint density at radius 3 is 2.92 bits per heavy atom. The molecule has 0 aliphatic carbocycles. The summed E-state index contributed by atoms with van der Waals surface area (Å²) in [5, 5.41) is 15.4. The van der Waals surface area contributed by atoms with Crippen LogP contribution in [0.5, 0.6) is 0 Å². The van der Waals surface area contributed by atoms with Gasteiger partial charge in [0.25, 0.3) is 0 Å². The van der Waals surface area contributed by atoms with Crippen molar-refractivity contribution in [1.29, 1.82) is 0 Å². The van der Waals surface area contributed by atoms with Crippen LogP contribution in [0.25, 0.3) is 0 Å². The number of nitrogens with one attached hydrogen (secondary N) is 2. The number of carboxylic acid groups (broad SMARTS) is 1. The molecule has 0 aromatic carbocycles. The molecule has 2 aliphatic rings. The topological polar surface area (TPSA) is 61.4 Å². The van der Waals surface area contributed by atoms with Crippen molar-refractivity contribution >= 4 is 5.97 Å². The average molecular weight is 184 g/mol. The maximum absolute atomic E-state index is 10.8. The lowest BCUT2D eigenvalue weighted by Gasteiger charge is -2.32. The van der Waals surface area contributed by atoms with Crippen LogP contribution in [0.15, 0.2) is 0 Å². The van der Waals surface area contributed by atoms with E-state index in [1.807, 2.05) is 0 Å². The van der Waals surface area contributed by atoms with E-state index < -0.39 is 5.97 Å². The molecule has 2 heterocycles. The van der Waals surface area contributed by atoms with Gasteiger partial charge in [0.05, 0.1) is 0 Å². The molecule has 3 N–H and O–H groups in total. The van der Waals surface area contributed by atoms with Crippen LogP contribution in [0.3, 0.4) is 0 Å². The molecule has 2 fully saturated rings. The number of aliphatic carboxylic acids is 1. The summed E-state index contributed by atoms with van der Waals surface area (Å²) in [7, 11) is 0. The lowest BCUT2D eigenvalue weighted by atomic mass is 9.88. The van der Waals surface area contributed by atoms with Gasteiger partial charge in [-0.3, -0.25) is 10.1 Å². The summed E-state index contributed by atoms with van der Waals surface area (Å²) in [5.41, 5.74) is 0. The third-order valence-electron chi connectivity index (χ3n) is 3.26. The molecule has 0 aromatic rings. The molecule has 0 spiro atoms. The highest BCUT2D eigenvalue weighted by molar-refractivity contribution is 5.74. The zero-order chi connectivity index (χ0) is 9.42. The summed E-state index contributed by atoms with van der Waals surface area (Å²) in [6.45, 7) is 3.14. The van der Waals surface area contributed by atoms with Gasteiger partial charge < -0.3 is 10.4 Å². The van der Waals surface area contributed by atoms with E-state index in [-0.39, 0.29) is 6.04 Å². The third kappa shape index (κ3) is 1.56. The predicted molar refractivity (Wildman–Crippen MR) is 48.5 cm³/mol. The van der Waals surface area contributed by atoms with Gasteiger partial charge in [-0.15, -0.1) is 0 Å². The first kappa shape index (κ1) is 8.97. The first-order valence-corrected chi connectivity index (χ1v) is 4.90. The number of hydrogen-bond donors (Lipinski definition) is 3. The van der Waals surface area contributed by atoms with Crippen molar-refractivity contribution in [2.24, 2.45) is 5.92 Å². The van der Waals surface area contributed by atoms with Crippen LogP contribution in [0.4, 0.5) is 0 Å². The van der Waals surface area contributed by atoms with Gasteiger partial charge in [0.1, 0.15) is 6.04 Å². The molecule has 4 atom stereocenters. The Morgan fingerprint density at radius 1 is 1.54 bits per heavy atom. The Labute approximate surface area is 77.7 Å².